The molecule has 2 rings (SSSR count). The molecule has 0 aliphatic heterocycles. The van der Waals surface area contributed by atoms with Crippen molar-refractivity contribution in [3.63, 3.8) is 0 Å². The minimum Gasteiger partial charge on any atom is -0.493 e. The Morgan fingerprint density at radius 2 is 2.21 bits per heavy atom. The van der Waals surface area contributed by atoms with Gasteiger partial charge in [-0.3, -0.25) is 15.3 Å². The Morgan fingerprint density at radius 3 is 2.84 bits per heavy atom. The van der Waals surface area contributed by atoms with Crippen molar-refractivity contribution < 1.29 is 9.53 Å². The summed E-state index contributed by atoms with van der Waals surface area (Å²) < 4.78 is 5.53. The van der Waals surface area contributed by atoms with Crippen LogP contribution in [-0.4, -0.2) is 33.4 Å². The summed E-state index contributed by atoms with van der Waals surface area (Å²) in [6, 6.07) is 6.76. The van der Waals surface area contributed by atoms with Crippen molar-refractivity contribution in [3.8, 4) is 5.75 Å². The van der Waals surface area contributed by atoms with Crippen LogP contribution in [0.25, 0.3) is 0 Å². The second-order valence-corrected chi connectivity index (χ2v) is 4.57. The first-order valence-corrected chi connectivity index (χ1v) is 6.50. The Kier molecular flexibility index (Phi) is 4.76. The SMILES string of the molecule is NNC(=O)c1ccc(OCCSc2ncn[nH]2)cc1. The molecular formula is C11H13N5O2S. The zero-order chi connectivity index (χ0) is 13.5. The van der Waals surface area contributed by atoms with Crippen molar-refractivity contribution in [2.75, 3.05) is 12.4 Å². The maximum absolute atomic E-state index is 11.2. The van der Waals surface area contributed by atoms with Crippen LogP contribution in [0.15, 0.2) is 35.7 Å². The van der Waals surface area contributed by atoms with Gasteiger partial charge in [-0.2, -0.15) is 5.10 Å². The van der Waals surface area contributed by atoms with Gasteiger partial charge in [0.2, 0.25) is 0 Å². The van der Waals surface area contributed by atoms with Crippen molar-refractivity contribution in [2.24, 2.45) is 5.84 Å². The van der Waals surface area contributed by atoms with Crippen molar-refractivity contribution in [1.82, 2.24) is 20.6 Å². The average Bonchev–Trinajstić information content (AvgIpc) is 2.96. The Bertz CT molecular complexity index is 514. The first kappa shape index (κ1) is 13.4. The van der Waals surface area contributed by atoms with Gasteiger partial charge >= 0.3 is 0 Å². The highest BCUT2D eigenvalue weighted by molar-refractivity contribution is 7.99. The minimum absolute atomic E-state index is 0.326. The number of hydrogen-bond acceptors (Lipinski definition) is 6. The molecule has 0 bridgehead atoms. The van der Waals surface area contributed by atoms with E-state index in [-0.39, 0.29) is 5.91 Å². The number of aromatic nitrogens is 3. The Balaban J connectivity index is 1.75. The maximum Gasteiger partial charge on any atom is 0.265 e. The molecular weight excluding hydrogens is 266 g/mol. The van der Waals surface area contributed by atoms with Crippen LogP contribution in [0, 0.1) is 0 Å². The number of carbonyl (C=O) groups excluding carboxylic acids is 1. The number of rotatable bonds is 6. The topological polar surface area (TPSA) is 106 Å². The molecule has 0 atom stereocenters. The summed E-state index contributed by atoms with van der Waals surface area (Å²) in [7, 11) is 0. The quantitative estimate of drug-likeness (QED) is 0.235. The second kappa shape index (κ2) is 6.76. The van der Waals surface area contributed by atoms with Crippen LogP contribution in [0.3, 0.4) is 0 Å². The van der Waals surface area contributed by atoms with E-state index < -0.39 is 0 Å². The predicted molar refractivity (Wildman–Crippen MR) is 70.7 cm³/mol. The van der Waals surface area contributed by atoms with E-state index in [1.54, 1.807) is 24.3 Å². The Hall–Kier alpha value is -2.06. The van der Waals surface area contributed by atoms with Crippen LogP contribution in [0.2, 0.25) is 0 Å². The molecule has 19 heavy (non-hydrogen) atoms. The van der Waals surface area contributed by atoms with E-state index in [1.165, 1.54) is 18.1 Å². The first-order valence-electron chi connectivity index (χ1n) is 5.51. The summed E-state index contributed by atoms with van der Waals surface area (Å²) in [5.41, 5.74) is 2.56. The molecule has 100 valence electrons. The zero-order valence-corrected chi connectivity index (χ0v) is 10.8. The molecule has 2 aromatic rings. The summed E-state index contributed by atoms with van der Waals surface area (Å²) >= 11 is 1.52. The van der Waals surface area contributed by atoms with Gasteiger partial charge in [0.15, 0.2) is 5.16 Å². The standard InChI is InChI=1S/C11H13N5O2S/c12-15-10(17)8-1-3-9(4-2-8)18-5-6-19-11-13-7-14-16-11/h1-4,7H,5-6,12H2,(H,15,17)(H,13,14,16). The highest BCUT2D eigenvalue weighted by Crippen LogP contribution is 2.14. The van der Waals surface area contributed by atoms with Crippen molar-refractivity contribution >= 4 is 17.7 Å². The van der Waals surface area contributed by atoms with Crippen LogP contribution in [0.1, 0.15) is 10.4 Å². The molecule has 7 nitrogen and oxygen atoms in total. The van der Waals surface area contributed by atoms with Gasteiger partial charge in [-0.1, -0.05) is 11.8 Å². The number of benzene rings is 1. The third-order valence-electron chi connectivity index (χ3n) is 2.23. The van der Waals surface area contributed by atoms with Gasteiger partial charge in [-0.25, -0.2) is 10.8 Å². The number of hydrogen-bond donors (Lipinski definition) is 3. The summed E-state index contributed by atoms with van der Waals surface area (Å²) in [5, 5.41) is 7.26. The zero-order valence-electron chi connectivity index (χ0n) is 10.00. The number of amides is 1. The summed E-state index contributed by atoms with van der Waals surface area (Å²) in [6.45, 7) is 0.536. The lowest BCUT2D eigenvalue weighted by Gasteiger charge is -2.06. The van der Waals surface area contributed by atoms with E-state index in [0.717, 1.165) is 10.9 Å². The molecule has 0 spiro atoms. The molecule has 0 radical (unpaired) electrons. The highest BCUT2D eigenvalue weighted by Gasteiger charge is 2.03. The first-order chi connectivity index (χ1) is 9.29. The predicted octanol–water partition coefficient (Wildman–Crippen LogP) is 0.579. The number of nitrogens with two attached hydrogens (primary N) is 1. The van der Waals surface area contributed by atoms with Gasteiger partial charge in [-0.15, -0.1) is 0 Å². The lowest BCUT2D eigenvalue weighted by Crippen LogP contribution is -2.29. The molecule has 1 heterocycles. The number of nitrogens with one attached hydrogen (secondary N) is 2. The summed E-state index contributed by atoms with van der Waals surface area (Å²) in [6.07, 6.45) is 1.46. The summed E-state index contributed by atoms with van der Waals surface area (Å²) in [5.74, 6) is 6.16. The molecule has 0 saturated carbocycles. The van der Waals surface area contributed by atoms with E-state index in [1.807, 2.05) is 0 Å². The van der Waals surface area contributed by atoms with Gasteiger partial charge < -0.3 is 4.74 Å². The monoisotopic (exact) mass is 279 g/mol. The molecule has 4 N–H and O–H groups in total. The maximum atomic E-state index is 11.2. The number of nitrogen functional groups attached to an aromatic ring is 1. The molecule has 1 amide bonds. The third kappa shape index (κ3) is 3.97. The van der Waals surface area contributed by atoms with Gasteiger partial charge in [0.1, 0.15) is 12.1 Å². The van der Waals surface area contributed by atoms with Gasteiger partial charge in [0, 0.05) is 11.3 Å². The largest absolute Gasteiger partial charge is 0.493 e. The number of thioether (sulfide) groups is 1. The normalized spacial score (nSPS) is 10.2. The molecule has 0 fully saturated rings. The number of hydrazine groups is 1. The number of ether oxygens (including phenoxy) is 1. The van der Waals surface area contributed by atoms with E-state index in [2.05, 4.69) is 20.6 Å². The number of carbonyl (C=O) groups is 1. The smallest absolute Gasteiger partial charge is 0.265 e. The molecule has 8 heteroatoms. The lowest BCUT2D eigenvalue weighted by atomic mass is 10.2. The van der Waals surface area contributed by atoms with E-state index in [9.17, 15) is 4.79 Å². The van der Waals surface area contributed by atoms with Crippen molar-refractivity contribution in [1.29, 1.82) is 0 Å². The van der Waals surface area contributed by atoms with E-state index in [0.29, 0.717) is 17.9 Å². The fourth-order valence-corrected chi connectivity index (χ4v) is 1.95. The summed E-state index contributed by atoms with van der Waals surface area (Å²) in [4.78, 5) is 15.2. The number of H-pyrrole nitrogens is 1. The number of aromatic amines is 1. The highest BCUT2D eigenvalue weighted by atomic mass is 32.2. The molecule has 0 unspecified atom stereocenters. The lowest BCUT2D eigenvalue weighted by molar-refractivity contribution is 0.0953. The van der Waals surface area contributed by atoms with E-state index >= 15 is 0 Å². The van der Waals surface area contributed by atoms with Gasteiger partial charge in [0.05, 0.1) is 6.61 Å². The Labute approximate surface area is 113 Å². The molecule has 0 aliphatic carbocycles. The van der Waals surface area contributed by atoms with Crippen LogP contribution < -0.4 is 16.0 Å². The third-order valence-corrected chi connectivity index (χ3v) is 3.07. The molecule has 0 saturated heterocycles. The minimum atomic E-state index is -0.326. The van der Waals surface area contributed by atoms with Gasteiger partial charge in [-0.05, 0) is 24.3 Å². The fourth-order valence-electron chi connectivity index (χ4n) is 1.35. The molecule has 1 aromatic carbocycles. The van der Waals surface area contributed by atoms with Crippen molar-refractivity contribution in [3.05, 3.63) is 36.2 Å². The second-order valence-electron chi connectivity index (χ2n) is 3.49. The van der Waals surface area contributed by atoms with Gasteiger partial charge in [0.25, 0.3) is 5.91 Å². The average molecular weight is 279 g/mol. The van der Waals surface area contributed by atoms with Crippen LogP contribution in [0.4, 0.5) is 0 Å². The Morgan fingerprint density at radius 1 is 1.42 bits per heavy atom. The molecule has 0 aliphatic rings. The van der Waals surface area contributed by atoms with Crippen molar-refractivity contribution in [2.45, 2.75) is 5.16 Å². The number of nitrogens with zero attached hydrogens (tertiary/aromatic N) is 2. The van der Waals surface area contributed by atoms with Crippen LogP contribution >= 0.6 is 11.8 Å². The van der Waals surface area contributed by atoms with Crippen LogP contribution in [0.5, 0.6) is 5.75 Å². The fraction of sp³-hybridized carbons (Fsp3) is 0.182. The van der Waals surface area contributed by atoms with E-state index in [4.69, 9.17) is 10.6 Å². The molecule has 1 aromatic heterocycles. The van der Waals surface area contributed by atoms with Crippen LogP contribution in [-0.2, 0) is 0 Å².